The number of benzene rings is 1. The van der Waals surface area contributed by atoms with E-state index in [1.807, 2.05) is 12.1 Å². The van der Waals surface area contributed by atoms with Crippen LogP contribution >= 0.6 is 0 Å². The minimum absolute atomic E-state index is 0. The van der Waals surface area contributed by atoms with Gasteiger partial charge in [-0.2, -0.15) is 0 Å². The summed E-state index contributed by atoms with van der Waals surface area (Å²) in [5.41, 5.74) is 1.64. The van der Waals surface area contributed by atoms with Crippen LogP contribution in [-0.2, 0) is 16.1 Å². The van der Waals surface area contributed by atoms with E-state index in [2.05, 4.69) is 12.2 Å². The Kier molecular flexibility index (Phi) is 7.80. The first-order valence-corrected chi connectivity index (χ1v) is 11.0. The zero-order valence-corrected chi connectivity index (χ0v) is 17.8. The molecular weight excluding hydrogens is 378 g/mol. The number of ether oxygens (including phenoxy) is 2. The van der Waals surface area contributed by atoms with Crippen molar-refractivity contribution in [2.24, 2.45) is 5.92 Å². The number of amides is 1. The number of carbonyl (C=O) groups excluding carboxylic acids is 1. The van der Waals surface area contributed by atoms with Gasteiger partial charge in [0, 0.05) is 37.9 Å². The predicted molar refractivity (Wildman–Crippen MR) is 122 cm³/mol. The van der Waals surface area contributed by atoms with Crippen LogP contribution in [0.15, 0.2) is 29.8 Å². The van der Waals surface area contributed by atoms with Crippen molar-refractivity contribution >= 4 is 24.0 Å². The minimum atomic E-state index is -0.492. The molecule has 30 heavy (non-hydrogen) atoms. The zero-order valence-electron chi connectivity index (χ0n) is 17.8. The summed E-state index contributed by atoms with van der Waals surface area (Å²) in [4.78, 5) is 12.1. The fourth-order valence-electron chi connectivity index (χ4n) is 3.92. The van der Waals surface area contributed by atoms with Crippen LogP contribution in [-0.4, -0.2) is 24.1 Å². The van der Waals surface area contributed by atoms with Crippen molar-refractivity contribution in [3.8, 4) is 5.75 Å². The second kappa shape index (κ2) is 10.5. The Hall–Kier alpha value is -2.47. The molecule has 6 heteroatoms. The van der Waals surface area contributed by atoms with Crippen molar-refractivity contribution in [2.45, 2.75) is 77.1 Å². The van der Waals surface area contributed by atoms with Crippen molar-refractivity contribution in [2.75, 3.05) is 5.32 Å². The summed E-state index contributed by atoms with van der Waals surface area (Å²) >= 11 is 0. The number of fused-ring (bicyclic) bond motifs is 1. The van der Waals surface area contributed by atoms with E-state index in [9.17, 15) is 4.79 Å². The number of allylic oxidation sites excluding steroid dienone is 1. The molecule has 0 unspecified atom stereocenters. The number of hydrogen-bond donors (Lipinski definition) is 3. The smallest absolute Gasteiger partial charge is 0.257 e. The van der Waals surface area contributed by atoms with Crippen molar-refractivity contribution in [1.29, 1.82) is 10.8 Å². The largest absolute Gasteiger partial charge is 0.462 e. The van der Waals surface area contributed by atoms with Crippen LogP contribution in [0, 0.1) is 16.7 Å². The molecule has 164 valence electrons. The van der Waals surface area contributed by atoms with Crippen molar-refractivity contribution < 1.29 is 15.7 Å². The average Bonchev–Trinajstić information content (AvgIpc) is 2.96. The molecule has 1 heterocycles. The monoisotopic (exact) mass is 413 g/mol. The Morgan fingerprint density at radius 1 is 1.17 bits per heavy atom. The van der Waals surface area contributed by atoms with E-state index in [1.54, 1.807) is 6.07 Å². The van der Waals surface area contributed by atoms with Gasteiger partial charge in [0.2, 0.25) is 5.79 Å². The molecule has 1 aliphatic heterocycles. The number of nitrogens with one attached hydrogen (secondary N) is 3. The topological polar surface area (TPSA) is 95.3 Å². The maximum atomic E-state index is 12.1. The zero-order chi connectivity index (χ0) is 21.4. The van der Waals surface area contributed by atoms with Crippen LogP contribution < -0.4 is 10.1 Å². The SMILES string of the molecule is CC1CCC1.N=C/C=C(\C=N)C(=O)Nc1ccc2c(c1)COC1(CCCCCC1)O2.[HH]. The summed E-state index contributed by atoms with van der Waals surface area (Å²) in [5.74, 6) is 0.966. The third-order valence-corrected chi connectivity index (χ3v) is 6.04. The lowest BCUT2D eigenvalue weighted by Crippen LogP contribution is -2.41. The van der Waals surface area contributed by atoms with Crippen LogP contribution in [0.4, 0.5) is 5.69 Å². The molecule has 1 aromatic rings. The predicted octanol–water partition coefficient (Wildman–Crippen LogP) is 5.86. The van der Waals surface area contributed by atoms with Gasteiger partial charge in [0.05, 0.1) is 12.2 Å². The number of hydrogen-bond acceptors (Lipinski definition) is 5. The van der Waals surface area contributed by atoms with Gasteiger partial charge in [0.1, 0.15) is 5.75 Å². The molecule has 0 radical (unpaired) electrons. The quantitative estimate of drug-likeness (QED) is 0.426. The molecule has 3 aliphatic rings. The highest BCUT2D eigenvalue weighted by molar-refractivity contribution is 6.18. The highest BCUT2D eigenvalue weighted by Crippen LogP contribution is 2.40. The lowest BCUT2D eigenvalue weighted by molar-refractivity contribution is -0.212. The Balaban J connectivity index is 0.000000501. The molecule has 2 fully saturated rings. The second-order valence-electron chi connectivity index (χ2n) is 8.46. The molecule has 0 aromatic heterocycles. The maximum absolute atomic E-state index is 12.1. The summed E-state index contributed by atoms with van der Waals surface area (Å²) in [6, 6.07) is 5.49. The van der Waals surface area contributed by atoms with Crippen LogP contribution in [0.5, 0.6) is 5.75 Å². The number of anilines is 1. The van der Waals surface area contributed by atoms with Gasteiger partial charge in [-0.15, -0.1) is 0 Å². The van der Waals surface area contributed by atoms with Crippen molar-refractivity contribution in [3.63, 3.8) is 0 Å². The highest BCUT2D eigenvalue weighted by atomic mass is 16.7. The minimum Gasteiger partial charge on any atom is -0.462 e. The van der Waals surface area contributed by atoms with Gasteiger partial charge in [0.15, 0.2) is 0 Å². The maximum Gasteiger partial charge on any atom is 0.257 e. The summed E-state index contributed by atoms with van der Waals surface area (Å²) in [5, 5.41) is 17.0. The standard InChI is InChI=1S/C19H23N3O3.C5H10.H2/c20-10-7-14(12-21)18(23)22-16-5-6-17-15(11-16)13-24-19(25-17)8-3-1-2-4-9-19;1-5-3-2-4-5;/h5-7,10-12,20-21H,1-4,8-9,13H2,(H,22,23);5H,2-4H2,1H3;1H/b14-7+,20-10?,21-12?;;. The molecule has 3 N–H and O–H groups in total. The second-order valence-corrected chi connectivity index (χ2v) is 8.46. The molecule has 4 rings (SSSR count). The van der Waals surface area contributed by atoms with Gasteiger partial charge in [-0.3, -0.25) is 4.79 Å². The highest BCUT2D eigenvalue weighted by Gasteiger charge is 2.37. The van der Waals surface area contributed by atoms with Gasteiger partial charge in [-0.1, -0.05) is 39.0 Å². The molecule has 0 saturated heterocycles. The Morgan fingerprint density at radius 2 is 1.87 bits per heavy atom. The van der Waals surface area contributed by atoms with E-state index < -0.39 is 11.7 Å². The Morgan fingerprint density at radius 3 is 2.43 bits per heavy atom. The van der Waals surface area contributed by atoms with E-state index in [0.29, 0.717) is 12.3 Å². The van der Waals surface area contributed by atoms with Gasteiger partial charge in [-0.05, 0) is 43.0 Å². The van der Waals surface area contributed by atoms with Crippen LogP contribution in [0.1, 0.15) is 71.7 Å². The average molecular weight is 414 g/mol. The fourth-order valence-corrected chi connectivity index (χ4v) is 3.92. The first kappa shape index (κ1) is 22.2. The first-order valence-electron chi connectivity index (χ1n) is 11.0. The summed E-state index contributed by atoms with van der Waals surface area (Å²) < 4.78 is 12.3. The molecule has 0 atom stereocenters. The van der Waals surface area contributed by atoms with Crippen molar-refractivity contribution in [3.05, 3.63) is 35.4 Å². The van der Waals surface area contributed by atoms with E-state index in [0.717, 1.165) is 55.3 Å². The van der Waals surface area contributed by atoms with Gasteiger partial charge in [-0.25, -0.2) is 0 Å². The van der Waals surface area contributed by atoms with Crippen LogP contribution in [0.3, 0.4) is 0 Å². The van der Waals surface area contributed by atoms with Gasteiger partial charge < -0.3 is 25.6 Å². The molecule has 2 aliphatic carbocycles. The third kappa shape index (κ3) is 5.79. The number of rotatable bonds is 4. The normalized spacial score (nSPS) is 20.4. The van der Waals surface area contributed by atoms with Gasteiger partial charge in [0.25, 0.3) is 5.91 Å². The Bertz CT molecular complexity index is 797. The molecule has 1 spiro atoms. The molecule has 2 saturated carbocycles. The fraction of sp³-hybridized carbons (Fsp3) is 0.542. The summed E-state index contributed by atoms with van der Waals surface area (Å²) in [6.07, 6.45) is 14.2. The van der Waals surface area contributed by atoms with E-state index in [1.165, 1.54) is 38.2 Å². The molecular formula is C24H35N3O3. The lowest BCUT2D eigenvalue weighted by atomic mass is 9.88. The summed E-state index contributed by atoms with van der Waals surface area (Å²) in [7, 11) is 0. The number of carbonyl (C=O) groups is 1. The molecule has 6 nitrogen and oxygen atoms in total. The van der Waals surface area contributed by atoms with E-state index in [4.69, 9.17) is 20.3 Å². The molecule has 1 amide bonds. The third-order valence-electron chi connectivity index (χ3n) is 6.04. The Labute approximate surface area is 180 Å². The van der Waals surface area contributed by atoms with Crippen molar-refractivity contribution in [1.82, 2.24) is 0 Å². The van der Waals surface area contributed by atoms with Crippen LogP contribution in [0.2, 0.25) is 0 Å². The van der Waals surface area contributed by atoms with Crippen LogP contribution in [0.25, 0.3) is 0 Å². The lowest BCUT2D eigenvalue weighted by Gasteiger charge is -2.38. The first-order chi connectivity index (χ1) is 14.5. The van der Waals surface area contributed by atoms with E-state index >= 15 is 0 Å². The van der Waals surface area contributed by atoms with Gasteiger partial charge >= 0.3 is 0 Å². The summed E-state index contributed by atoms with van der Waals surface area (Å²) in [6.45, 7) is 2.77. The molecule has 1 aromatic carbocycles. The molecule has 0 bridgehead atoms. The van der Waals surface area contributed by atoms with E-state index in [-0.39, 0.29) is 7.00 Å².